The summed E-state index contributed by atoms with van der Waals surface area (Å²) in [5.74, 6) is 0. The van der Waals surface area contributed by atoms with Crippen LogP contribution < -0.4 is 28.5 Å². The van der Waals surface area contributed by atoms with Gasteiger partial charge in [-0.25, -0.2) is 4.57 Å². The Morgan fingerprint density at radius 2 is 1.62 bits per heavy atom. The molecule has 0 aliphatic heterocycles. The van der Waals surface area contributed by atoms with Crippen molar-refractivity contribution < 1.29 is 28.5 Å². The molecule has 2 aromatic carbocycles. The molecule has 2 heterocycles. The number of aromatic nitrogens is 2. The summed E-state index contributed by atoms with van der Waals surface area (Å²) in [6, 6.07) is 19.6. The summed E-state index contributed by atoms with van der Waals surface area (Å²) in [7, 11) is 0. The third kappa shape index (κ3) is 1.94. The number of hydrogen-bond donors (Lipinski definition) is 0. The van der Waals surface area contributed by atoms with E-state index in [0.717, 1.165) is 6.54 Å². The molecule has 2 nitrogen and oxygen atoms in total. The SMILES string of the molecule is CC[n+]1c2ccccc2n2c3ccccc3c(C)cc21.[I-]. The fourth-order valence-electron chi connectivity index (χ4n) is 3.25. The van der Waals surface area contributed by atoms with Crippen molar-refractivity contribution in [1.82, 2.24) is 4.40 Å². The van der Waals surface area contributed by atoms with Gasteiger partial charge in [0.15, 0.2) is 11.0 Å². The fourth-order valence-corrected chi connectivity index (χ4v) is 3.25. The number of hydrogen-bond acceptors (Lipinski definition) is 0. The Labute approximate surface area is 141 Å². The Kier molecular flexibility index (Phi) is 3.61. The number of imidazole rings is 1. The Bertz CT molecular complexity index is 954. The molecular weight excluding hydrogens is 371 g/mol. The summed E-state index contributed by atoms with van der Waals surface area (Å²) in [5, 5.41) is 1.32. The maximum Gasteiger partial charge on any atom is 0.287 e. The number of pyridine rings is 1. The van der Waals surface area contributed by atoms with Crippen LogP contribution in [0.2, 0.25) is 0 Å². The molecule has 0 saturated heterocycles. The third-order valence-electron chi connectivity index (χ3n) is 4.15. The molecule has 2 aromatic heterocycles. The van der Waals surface area contributed by atoms with Crippen LogP contribution in [0.15, 0.2) is 54.6 Å². The zero-order chi connectivity index (χ0) is 13.7. The first kappa shape index (κ1) is 14.3. The molecule has 0 amide bonds. The molecule has 3 heteroatoms. The average Bonchev–Trinajstić information content (AvgIpc) is 2.81. The van der Waals surface area contributed by atoms with Gasteiger partial charge in [-0.3, -0.25) is 0 Å². The van der Waals surface area contributed by atoms with E-state index in [1.807, 2.05) is 0 Å². The summed E-state index contributed by atoms with van der Waals surface area (Å²) >= 11 is 0. The first-order valence-electron chi connectivity index (χ1n) is 7.12. The predicted octanol–water partition coefficient (Wildman–Crippen LogP) is 0.866. The summed E-state index contributed by atoms with van der Waals surface area (Å²) in [6.07, 6.45) is 0. The number of para-hydroxylation sites is 3. The Morgan fingerprint density at radius 1 is 0.952 bits per heavy atom. The van der Waals surface area contributed by atoms with Crippen molar-refractivity contribution in [3.05, 3.63) is 60.2 Å². The lowest BCUT2D eigenvalue weighted by Crippen LogP contribution is -3.00. The predicted molar refractivity (Wildman–Crippen MR) is 83.0 cm³/mol. The van der Waals surface area contributed by atoms with Gasteiger partial charge in [0, 0.05) is 11.5 Å². The van der Waals surface area contributed by atoms with Crippen LogP contribution in [0.25, 0.3) is 27.6 Å². The van der Waals surface area contributed by atoms with Gasteiger partial charge in [0.25, 0.3) is 5.65 Å². The van der Waals surface area contributed by atoms with E-state index in [0.29, 0.717) is 0 Å². The van der Waals surface area contributed by atoms with Crippen molar-refractivity contribution in [1.29, 1.82) is 0 Å². The van der Waals surface area contributed by atoms with Crippen molar-refractivity contribution in [3.63, 3.8) is 0 Å². The van der Waals surface area contributed by atoms with E-state index >= 15 is 0 Å². The van der Waals surface area contributed by atoms with Gasteiger partial charge in [0.1, 0.15) is 5.52 Å². The minimum absolute atomic E-state index is 0. The molecule has 0 radical (unpaired) electrons. The maximum absolute atomic E-state index is 2.38. The van der Waals surface area contributed by atoms with E-state index in [-0.39, 0.29) is 24.0 Å². The fraction of sp³-hybridized carbons (Fsp3) is 0.167. The lowest BCUT2D eigenvalue weighted by molar-refractivity contribution is -0.642. The van der Waals surface area contributed by atoms with Crippen molar-refractivity contribution >= 4 is 27.6 Å². The number of aryl methyl sites for hydroxylation is 2. The Hall–Kier alpha value is -1.62. The van der Waals surface area contributed by atoms with E-state index in [1.165, 1.54) is 33.1 Å². The second kappa shape index (κ2) is 5.30. The van der Waals surface area contributed by atoms with Gasteiger partial charge in [0.2, 0.25) is 0 Å². The molecule has 4 rings (SSSR count). The van der Waals surface area contributed by atoms with Crippen molar-refractivity contribution in [3.8, 4) is 0 Å². The zero-order valence-corrected chi connectivity index (χ0v) is 14.3. The van der Waals surface area contributed by atoms with Crippen LogP contribution in [0.4, 0.5) is 0 Å². The monoisotopic (exact) mass is 388 g/mol. The summed E-state index contributed by atoms with van der Waals surface area (Å²) in [4.78, 5) is 0. The smallest absolute Gasteiger partial charge is 0.287 e. The lowest BCUT2D eigenvalue weighted by atomic mass is 10.1. The highest BCUT2D eigenvalue weighted by molar-refractivity contribution is 5.90. The van der Waals surface area contributed by atoms with Gasteiger partial charge < -0.3 is 24.0 Å². The number of benzene rings is 2. The lowest BCUT2D eigenvalue weighted by Gasteiger charge is -2.01. The number of halogens is 1. The molecule has 0 atom stereocenters. The normalized spacial score (nSPS) is 11.1. The first-order chi connectivity index (χ1) is 9.81. The highest BCUT2D eigenvalue weighted by atomic mass is 127. The van der Waals surface area contributed by atoms with Gasteiger partial charge in [-0.05, 0) is 37.6 Å². The van der Waals surface area contributed by atoms with Crippen LogP contribution in [0, 0.1) is 6.92 Å². The highest BCUT2D eigenvalue weighted by Gasteiger charge is 2.20. The van der Waals surface area contributed by atoms with E-state index in [4.69, 9.17) is 0 Å². The topological polar surface area (TPSA) is 8.29 Å². The molecule has 21 heavy (non-hydrogen) atoms. The number of nitrogens with zero attached hydrogens (tertiary/aromatic N) is 2. The summed E-state index contributed by atoms with van der Waals surface area (Å²) in [5.41, 5.74) is 6.46. The molecule has 4 aromatic rings. The van der Waals surface area contributed by atoms with Crippen LogP contribution in [0.5, 0.6) is 0 Å². The van der Waals surface area contributed by atoms with E-state index < -0.39 is 0 Å². The quantitative estimate of drug-likeness (QED) is 0.338. The molecule has 0 N–H and O–H groups in total. The third-order valence-corrected chi connectivity index (χ3v) is 4.15. The van der Waals surface area contributed by atoms with Gasteiger partial charge in [-0.15, -0.1) is 0 Å². The Morgan fingerprint density at radius 3 is 2.38 bits per heavy atom. The molecule has 0 fully saturated rings. The second-order valence-electron chi connectivity index (χ2n) is 5.27. The van der Waals surface area contributed by atoms with Crippen molar-refractivity contribution in [2.75, 3.05) is 0 Å². The first-order valence-corrected chi connectivity index (χ1v) is 7.12. The number of rotatable bonds is 1. The standard InChI is InChI=1S/C18H17N2.HI/c1-3-19-16-10-6-7-11-17(16)20-15-9-5-4-8-14(15)13(2)12-18(19)20;/h4-12H,3H2,1-2H3;1H/q+1;/p-1. The summed E-state index contributed by atoms with van der Waals surface area (Å²) in [6.45, 7) is 5.38. The minimum atomic E-state index is 0. The van der Waals surface area contributed by atoms with Gasteiger partial charge in [0.05, 0.1) is 6.54 Å². The van der Waals surface area contributed by atoms with Gasteiger partial charge in [-0.2, -0.15) is 4.40 Å². The molecule has 0 aliphatic rings. The molecule has 106 valence electrons. The number of fused-ring (bicyclic) bond motifs is 5. The summed E-state index contributed by atoms with van der Waals surface area (Å²) < 4.78 is 4.76. The molecule has 0 aliphatic carbocycles. The van der Waals surface area contributed by atoms with Crippen molar-refractivity contribution in [2.24, 2.45) is 0 Å². The highest BCUT2D eigenvalue weighted by Crippen LogP contribution is 2.24. The van der Waals surface area contributed by atoms with E-state index in [9.17, 15) is 0 Å². The van der Waals surface area contributed by atoms with Crippen LogP contribution in [0.1, 0.15) is 12.5 Å². The largest absolute Gasteiger partial charge is 1.00 e. The second-order valence-corrected chi connectivity index (χ2v) is 5.27. The minimum Gasteiger partial charge on any atom is -1.00 e. The van der Waals surface area contributed by atoms with Crippen LogP contribution in [-0.2, 0) is 6.54 Å². The zero-order valence-electron chi connectivity index (χ0n) is 12.2. The van der Waals surface area contributed by atoms with Crippen LogP contribution in [0.3, 0.4) is 0 Å². The van der Waals surface area contributed by atoms with Crippen LogP contribution >= 0.6 is 0 Å². The molecule has 0 bridgehead atoms. The molecular formula is C18H17IN2. The Balaban J connectivity index is 0.00000132. The molecule has 0 spiro atoms. The molecule has 0 saturated carbocycles. The van der Waals surface area contributed by atoms with E-state index in [2.05, 4.69) is 77.4 Å². The average molecular weight is 388 g/mol. The van der Waals surface area contributed by atoms with Crippen LogP contribution in [-0.4, -0.2) is 4.40 Å². The van der Waals surface area contributed by atoms with Gasteiger partial charge >= 0.3 is 0 Å². The molecule has 0 unspecified atom stereocenters. The van der Waals surface area contributed by atoms with Crippen molar-refractivity contribution in [2.45, 2.75) is 20.4 Å². The van der Waals surface area contributed by atoms with Gasteiger partial charge in [-0.1, -0.05) is 30.3 Å². The van der Waals surface area contributed by atoms with E-state index in [1.54, 1.807) is 0 Å². The maximum atomic E-state index is 2.38.